The van der Waals surface area contributed by atoms with Crippen molar-refractivity contribution >= 4 is 11.6 Å². The molecule has 102 valence electrons. The first-order valence-corrected chi connectivity index (χ1v) is 6.52. The number of methoxy groups -OCH3 is 1. The van der Waals surface area contributed by atoms with E-state index in [4.69, 9.17) is 22.1 Å². The van der Waals surface area contributed by atoms with Crippen molar-refractivity contribution in [3.05, 3.63) is 40.8 Å². The van der Waals surface area contributed by atoms with Crippen molar-refractivity contribution in [2.75, 3.05) is 7.11 Å². The summed E-state index contributed by atoms with van der Waals surface area (Å²) >= 11 is 6.20. The van der Waals surface area contributed by atoms with E-state index in [0.29, 0.717) is 10.9 Å². The number of hydrogen-bond donors (Lipinski definition) is 1. The summed E-state index contributed by atoms with van der Waals surface area (Å²) in [5, 5.41) is 4.81. The van der Waals surface area contributed by atoms with Crippen LogP contribution in [0.5, 0.6) is 5.88 Å². The number of pyridine rings is 1. The Morgan fingerprint density at radius 3 is 3.00 bits per heavy atom. The fourth-order valence-electron chi connectivity index (χ4n) is 2.03. The highest BCUT2D eigenvalue weighted by Crippen LogP contribution is 2.30. The third-order valence-corrected chi connectivity index (χ3v) is 3.18. The van der Waals surface area contributed by atoms with E-state index in [9.17, 15) is 0 Å². The van der Waals surface area contributed by atoms with Crippen LogP contribution in [0.3, 0.4) is 0 Å². The van der Waals surface area contributed by atoms with Crippen LogP contribution in [0.25, 0.3) is 0 Å². The monoisotopic (exact) mass is 280 g/mol. The predicted octanol–water partition coefficient (Wildman–Crippen LogP) is 2.40. The minimum Gasteiger partial charge on any atom is -0.481 e. The topological polar surface area (TPSA) is 66.0 Å². The lowest BCUT2D eigenvalue weighted by molar-refractivity contribution is 0.389. The number of aromatic nitrogens is 3. The first kappa shape index (κ1) is 13.8. The molecule has 0 aliphatic carbocycles. The Morgan fingerprint density at radius 1 is 1.53 bits per heavy atom. The summed E-state index contributed by atoms with van der Waals surface area (Å²) in [5.74, 6) is 0.510. The van der Waals surface area contributed by atoms with E-state index < -0.39 is 6.04 Å². The summed E-state index contributed by atoms with van der Waals surface area (Å²) in [5.41, 5.74) is 7.89. The number of halogens is 1. The molecule has 0 amide bonds. The number of hydrogen-bond acceptors (Lipinski definition) is 4. The highest BCUT2D eigenvalue weighted by Gasteiger charge is 2.21. The number of nitrogens with two attached hydrogens (primary N) is 1. The fourth-order valence-corrected chi connectivity index (χ4v) is 2.29. The first-order chi connectivity index (χ1) is 9.19. The second-order valence-electron chi connectivity index (χ2n) is 4.18. The fraction of sp³-hybridized carbons (Fsp3) is 0.385. The summed E-state index contributed by atoms with van der Waals surface area (Å²) in [7, 11) is 1.57. The van der Waals surface area contributed by atoms with Gasteiger partial charge in [-0.1, -0.05) is 24.6 Å². The van der Waals surface area contributed by atoms with Gasteiger partial charge in [0.15, 0.2) is 0 Å². The van der Waals surface area contributed by atoms with E-state index >= 15 is 0 Å². The Balaban J connectivity index is 2.43. The molecule has 0 radical (unpaired) electrons. The average molecular weight is 281 g/mol. The van der Waals surface area contributed by atoms with Crippen LogP contribution in [0.4, 0.5) is 0 Å². The number of nitrogens with zero attached hydrogens (tertiary/aromatic N) is 3. The van der Waals surface area contributed by atoms with Gasteiger partial charge in [-0.15, -0.1) is 0 Å². The quantitative estimate of drug-likeness (QED) is 0.913. The minimum atomic E-state index is -0.412. The molecule has 0 fully saturated rings. The van der Waals surface area contributed by atoms with Gasteiger partial charge in [0.1, 0.15) is 0 Å². The molecule has 2 aromatic rings. The molecule has 0 spiro atoms. The molecular weight excluding hydrogens is 264 g/mol. The van der Waals surface area contributed by atoms with E-state index in [0.717, 1.165) is 24.2 Å². The third kappa shape index (κ3) is 2.72. The molecule has 5 nitrogen and oxygen atoms in total. The van der Waals surface area contributed by atoms with Gasteiger partial charge < -0.3 is 10.5 Å². The maximum absolute atomic E-state index is 6.30. The highest BCUT2D eigenvalue weighted by atomic mass is 35.5. The Bertz CT molecular complexity index is 555. The molecule has 0 aromatic carbocycles. The lowest BCUT2D eigenvalue weighted by atomic mass is 10.1. The molecular formula is C13H17ClN4O. The van der Waals surface area contributed by atoms with Crippen molar-refractivity contribution in [1.29, 1.82) is 0 Å². The smallest absolute Gasteiger partial charge is 0.218 e. The molecule has 1 unspecified atom stereocenters. The SMILES string of the molecule is CCCn1ncc(Cl)c1C(N)c1cccnc1OC. The summed E-state index contributed by atoms with van der Waals surface area (Å²) in [6.45, 7) is 2.86. The van der Waals surface area contributed by atoms with Gasteiger partial charge in [0, 0.05) is 18.3 Å². The van der Waals surface area contributed by atoms with Gasteiger partial charge in [0.25, 0.3) is 0 Å². The number of rotatable bonds is 5. The van der Waals surface area contributed by atoms with Crippen LogP contribution < -0.4 is 10.5 Å². The largest absolute Gasteiger partial charge is 0.481 e. The van der Waals surface area contributed by atoms with E-state index in [1.54, 1.807) is 19.5 Å². The zero-order chi connectivity index (χ0) is 13.8. The van der Waals surface area contributed by atoms with Crippen LogP contribution in [0.1, 0.15) is 30.6 Å². The molecule has 2 rings (SSSR count). The molecule has 2 aromatic heterocycles. The van der Waals surface area contributed by atoms with Crippen LogP contribution in [0.15, 0.2) is 24.5 Å². The lowest BCUT2D eigenvalue weighted by Gasteiger charge is -2.16. The van der Waals surface area contributed by atoms with Crippen molar-refractivity contribution in [2.24, 2.45) is 5.73 Å². The minimum absolute atomic E-state index is 0.412. The molecule has 19 heavy (non-hydrogen) atoms. The molecule has 1 atom stereocenters. The summed E-state index contributed by atoms with van der Waals surface area (Å²) in [4.78, 5) is 4.16. The Morgan fingerprint density at radius 2 is 2.32 bits per heavy atom. The molecule has 2 heterocycles. The van der Waals surface area contributed by atoms with Crippen molar-refractivity contribution in [3.8, 4) is 5.88 Å². The van der Waals surface area contributed by atoms with E-state index in [1.807, 2.05) is 16.8 Å². The number of aryl methyl sites for hydroxylation is 1. The van der Waals surface area contributed by atoms with Gasteiger partial charge in [-0.2, -0.15) is 5.10 Å². The maximum Gasteiger partial charge on any atom is 0.218 e. The van der Waals surface area contributed by atoms with Gasteiger partial charge in [0.05, 0.1) is 30.1 Å². The third-order valence-electron chi connectivity index (χ3n) is 2.89. The van der Waals surface area contributed by atoms with Gasteiger partial charge in [-0.3, -0.25) is 4.68 Å². The molecule has 0 saturated heterocycles. The predicted molar refractivity (Wildman–Crippen MR) is 74.3 cm³/mol. The zero-order valence-corrected chi connectivity index (χ0v) is 11.8. The van der Waals surface area contributed by atoms with Gasteiger partial charge in [0.2, 0.25) is 5.88 Å². The van der Waals surface area contributed by atoms with Crippen LogP contribution in [0, 0.1) is 0 Å². The Labute approximate surface area is 117 Å². The normalized spacial score (nSPS) is 12.4. The first-order valence-electron chi connectivity index (χ1n) is 6.14. The second kappa shape index (κ2) is 6.04. The summed E-state index contributed by atoms with van der Waals surface area (Å²) < 4.78 is 7.07. The van der Waals surface area contributed by atoms with E-state index in [2.05, 4.69) is 17.0 Å². The van der Waals surface area contributed by atoms with E-state index in [-0.39, 0.29) is 0 Å². The molecule has 0 aliphatic heterocycles. The Kier molecular flexibility index (Phi) is 4.39. The second-order valence-corrected chi connectivity index (χ2v) is 4.59. The van der Waals surface area contributed by atoms with Crippen molar-refractivity contribution < 1.29 is 4.74 Å². The average Bonchev–Trinajstić information content (AvgIpc) is 2.79. The molecule has 0 aliphatic rings. The van der Waals surface area contributed by atoms with Gasteiger partial charge in [-0.25, -0.2) is 4.98 Å². The van der Waals surface area contributed by atoms with E-state index in [1.165, 1.54) is 0 Å². The Hall–Kier alpha value is -1.59. The van der Waals surface area contributed by atoms with Crippen molar-refractivity contribution in [1.82, 2.24) is 14.8 Å². The maximum atomic E-state index is 6.30. The van der Waals surface area contributed by atoms with Crippen LogP contribution >= 0.6 is 11.6 Å². The van der Waals surface area contributed by atoms with Crippen LogP contribution in [-0.4, -0.2) is 21.9 Å². The summed E-state index contributed by atoms with van der Waals surface area (Å²) in [6, 6.07) is 3.30. The standard InChI is InChI=1S/C13H17ClN4O/c1-3-7-18-12(10(14)8-17-18)11(15)9-5-4-6-16-13(9)19-2/h4-6,8,11H,3,7,15H2,1-2H3. The lowest BCUT2D eigenvalue weighted by Crippen LogP contribution is -2.19. The highest BCUT2D eigenvalue weighted by molar-refractivity contribution is 6.31. The zero-order valence-electron chi connectivity index (χ0n) is 11.0. The van der Waals surface area contributed by atoms with Crippen LogP contribution in [0.2, 0.25) is 5.02 Å². The van der Waals surface area contributed by atoms with Crippen molar-refractivity contribution in [3.63, 3.8) is 0 Å². The molecule has 6 heteroatoms. The van der Waals surface area contributed by atoms with Gasteiger partial charge in [-0.05, 0) is 12.5 Å². The van der Waals surface area contributed by atoms with Gasteiger partial charge >= 0.3 is 0 Å². The summed E-state index contributed by atoms with van der Waals surface area (Å²) in [6.07, 6.45) is 4.25. The molecule has 0 saturated carbocycles. The molecule has 0 bridgehead atoms. The van der Waals surface area contributed by atoms with Crippen molar-refractivity contribution in [2.45, 2.75) is 25.9 Å². The number of ether oxygens (including phenoxy) is 1. The van der Waals surface area contributed by atoms with Crippen LogP contribution in [-0.2, 0) is 6.54 Å². The molecule has 2 N–H and O–H groups in total.